The van der Waals surface area contributed by atoms with E-state index in [4.69, 9.17) is 4.74 Å². The van der Waals surface area contributed by atoms with Gasteiger partial charge in [-0.1, -0.05) is 0 Å². The molecule has 23 heavy (non-hydrogen) atoms. The average molecular weight is 344 g/mol. The molecule has 0 saturated carbocycles. The summed E-state index contributed by atoms with van der Waals surface area (Å²) in [7, 11) is 0. The highest BCUT2D eigenvalue weighted by Crippen LogP contribution is 2.47. The molecule has 1 unspecified atom stereocenters. The Bertz CT molecular complexity index is 713. The molecule has 122 valence electrons. The second-order valence-electron chi connectivity index (χ2n) is 5.11. The molecule has 7 heteroatoms. The minimum absolute atomic E-state index is 0.0102. The van der Waals surface area contributed by atoms with E-state index < -0.39 is 17.4 Å². The number of rotatable bonds is 3. The molecular formula is C16H12F4O2S. The molecule has 0 amide bonds. The van der Waals surface area contributed by atoms with Gasteiger partial charge in [-0.2, -0.15) is 13.2 Å². The van der Waals surface area contributed by atoms with Crippen molar-refractivity contribution in [2.75, 3.05) is 0 Å². The number of benzene rings is 2. The van der Waals surface area contributed by atoms with Gasteiger partial charge in [-0.05, 0) is 61.0 Å². The molecule has 0 heterocycles. The summed E-state index contributed by atoms with van der Waals surface area (Å²) >= 11 is -0.238. The van der Waals surface area contributed by atoms with E-state index in [1.165, 1.54) is 36.4 Å². The number of hydrogen-bond donors (Lipinski definition) is 1. The molecule has 2 nitrogen and oxygen atoms in total. The molecule has 0 aliphatic heterocycles. The molecule has 0 bridgehead atoms. The third-order valence-corrected chi connectivity index (χ3v) is 4.35. The number of aliphatic hydroxyl groups is 1. The predicted molar refractivity (Wildman–Crippen MR) is 78.1 cm³/mol. The van der Waals surface area contributed by atoms with Crippen LogP contribution in [0, 0.1) is 5.82 Å². The quantitative estimate of drug-likeness (QED) is 0.612. The molecular weight excluding hydrogens is 332 g/mol. The lowest BCUT2D eigenvalue weighted by Gasteiger charge is -2.16. The third kappa shape index (κ3) is 3.61. The largest absolute Gasteiger partial charge is 0.457 e. The fourth-order valence-corrected chi connectivity index (χ4v) is 3.37. The van der Waals surface area contributed by atoms with Gasteiger partial charge >= 0.3 is 5.51 Å². The predicted octanol–water partition coefficient (Wildman–Crippen LogP) is 5.21. The molecule has 2 aromatic carbocycles. The Balaban J connectivity index is 1.95. The van der Waals surface area contributed by atoms with E-state index in [0.29, 0.717) is 29.9 Å². The summed E-state index contributed by atoms with van der Waals surface area (Å²) in [5, 5.41) is 10.0. The number of alkyl halides is 3. The number of aliphatic hydroxyl groups excluding tert-OH is 1. The summed E-state index contributed by atoms with van der Waals surface area (Å²) in [6, 6.07) is 8.09. The molecule has 1 N–H and O–H groups in total. The zero-order valence-electron chi connectivity index (χ0n) is 11.7. The summed E-state index contributed by atoms with van der Waals surface area (Å²) in [5.41, 5.74) is -3.59. The van der Waals surface area contributed by atoms with Crippen molar-refractivity contribution >= 4 is 11.8 Å². The van der Waals surface area contributed by atoms with Gasteiger partial charge in [-0.25, -0.2) is 4.39 Å². The van der Waals surface area contributed by atoms with Gasteiger partial charge < -0.3 is 9.84 Å². The van der Waals surface area contributed by atoms with Gasteiger partial charge in [0.1, 0.15) is 17.3 Å². The summed E-state index contributed by atoms with van der Waals surface area (Å²) in [6.07, 6.45) is -0.157. The van der Waals surface area contributed by atoms with Crippen LogP contribution >= 0.6 is 11.8 Å². The molecule has 0 fully saturated rings. The van der Waals surface area contributed by atoms with E-state index in [-0.39, 0.29) is 22.2 Å². The summed E-state index contributed by atoms with van der Waals surface area (Å²) in [6.45, 7) is 0. The van der Waals surface area contributed by atoms with E-state index in [0.717, 1.165) is 0 Å². The van der Waals surface area contributed by atoms with Crippen molar-refractivity contribution in [3.63, 3.8) is 0 Å². The summed E-state index contributed by atoms with van der Waals surface area (Å²) in [4.78, 5) is -0.0102. The summed E-state index contributed by atoms with van der Waals surface area (Å²) in [5.74, 6) is 0.357. The first-order valence-corrected chi connectivity index (χ1v) is 7.68. The SMILES string of the molecule is OC1CCc2c(Oc3ccc(F)cc3)ccc(SC(F)(F)F)c21. The second-order valence-corrected chi connectivity index (χ2v) is 6.22. The minimum atomic E-state index is -4.42. The van der Waals surface area contributed by atoms with Crippen molar-refractivity contribution in [1.82, 2.24) is 0 Å². The van der Waals surface area contributed by atoms with Crippen LogP contribution in [0.15, 0.2) is 41.3 Å². The van der Waals surface area contributed by atoms with Crippen molar-refractivity contribution in [2.24, 2.45) is 0 Å². The van der Waals surface area contributed by atoms with Gasteiger partial charge in [-0.15, -0.1) is 0 Å². The lowest BCUT2D eigenvalue weighted by atomic mass is 10.1. The monoisotopic (exact) mass is 344 g/mol. The van der Waals surface area contributed by atoms with E-state index >= 15 is 0 Å². The lowest BCUT2D eigenvalue weighted by Crippen LogP contribution is -2.03. The Labute approximate surface area is 134 Å². The van der Waals surface area contributed by atoms with Crippen molar-refractivity contribution in [3.05, 3.63) is 53.3 Å². The maximum absolute atomic E-state index is 12.9. The first kappa shape index (κ1) is 16.1. The highest BCUT2D eigenvalue weighted by atomic mass is 32.2. The number of halogens is 4. The Morgan fingerprint density at radius 2 is 1.78 bits per heavy atom. The van der Waals surface area contributed by atoms with Gasteiger partial charge in [-0.3, -0.25) is 0 Å². The molecule has 2 aromatic rings. The van der Waals surface area contributed by atoms with Crippen molar-refractivity contribution in [1.29, 1.82) is 0 Å². The molecule has 3 rings (SSSR count). The first-order chi connectivity index (χ1) is 10.8. The van der Waals surface area contributed by atoms with Gasteiger partial charge in [0.05, 0.1) is 6.10 Å². The van der Waals surface area contributed by atoms with Crippen LogP contribution in [-0.4, -0.2) is 10.6 Å². The molecule has 0 spiro atoms. The molecule has 1 aliphatic rings. The van der Waals surface area contributed by atoms with Gasteiger partial charge in [0.2, 0.25) is 0 Å². The van der Waals surface area contributed by atoms with Crippen LogP contribution < -0.4 is 4.74 Å². The lowest BCUT2D eigenvalue weighted by molar-refractivity contribution is -0.0328. The molecule has 0 radical (unpaired) electrons. The van der Waals surface area contributed by atoms with Crippen LogP contribution in [0.2, 0.25) is 0 Å². The zero-order valence-corrected chi connectivity index (χ0v) is 12.5. The van der Waals surface area contributed by atoms with E-state index in [1.807, 2.05) is 0 Å². The van der Waals surface area contributed by atoms with Crippen molar-refractivity contribution in [3.8, 4) is 11.5 Å². The zero-order chi connectivity index (χ0) is 16.6. The summed E-state index contributed by atoms with van der Waals surface area (Å²) < 4.78 is 56.5. The highest BCUT2D eigenvalue weighted by Gasteiger charge is 2.35. The van der Waals surface area contributed by atoms with Crippen LogP contribution in [0.4, 0.5) is 17.6 Å². The third-order valence-electron chi connectivity index (χ3n) is 3.54. The van der Waals surface area contributed by atoms with Crippen LogP contribution in [0.5, 0.6) is 11.5 Å². The molecule has 0 aromatic heterocycles. The highest BCUT2D eigenvalue weighted by molar-refractivity contribution is 8.00. The maximum atomic E-state index is 12.9. The van der Waals surface area contributed by atoms with E-state index in [2.05, 4.69) is 0 Å². The molecule has 1 aliphatic carbocycles. The van der Waals surface area contributed by atoms with Crippen molar-refractivity contribution < 1.29 is 27.4 Å². The first-order valence-electron chi connectivity index (χ1n) is 6.86. The topological polar surface area (TPSA) is 29.5 Å². The average Bonchev–Trinajstić information content (AvgIpc) is 2.85. The Morgan fingerprint density at radius 3 is 2.43 bits per heavy atom. The Hall–Kier alpha value is -1.73. The second kappa shape index (κ2) is 6.05. The van der Waals surface area contributed by atoms with Crippen molar-refractivity contribution in [2.45, 2.75) is 29.3 Å². The maximum Gasteiger partial charge on any atom is 0.446 e. The Morgan fingerprint density at radius 1 is 1.09 bits per heavy atom. The Kier molecular flexibility index (Phi) is 4.25. The standard InChI is InChI=1S/C16H12F4O2S/c17-9-1-3-10(4-2-9)22-13-7-8-14(23-16(18,19)20)15-11(13)5-6-12(15)21/h1-4,7-8,12,21H,5-6H2. The van der Waals surface area contributed by atoms with Crippen LogP contribution in [0.3, 0.4) is 0 Å². The van der Waals surface area contributed by atoms with E-state index in [1.54, 1.807) is 0 Å². The molecule has 1 atom stereocenters. The number of hydrogen-bond acceptors (Lipinski definition) is 3. The minimum Gasteiger partial charge on any atom is -0.457 e. The fraction of sp³-hybridized carbons (Fsp3) is 0.250. The van der Waals surface area contributed by atoms with Gasteiger partial charge in [0.25, 0.3) is 0 Å². The molecule has 0 saturated heterocycles. The van der Waals surface area contributed by atoms with Gasteiger partial charge in [0, 0.05) is 16.0 Å². The number of fused-ring (bicyclic) bond motifs is 1. The normalized spacial score (nSPS) is 17.2. The number of ether oxygens (including phenoxy) is 1. The van der Waals surface area contributed by atoms with Crippen LogP contribution in [-0.2, 0) is 6.42 Å². The van der Waals surface area contributed by atoms with Crippen LogP contribution in [0.1, 0.15) is 23.7 Å². The van der Waals surface area contributed by atoms with Gasteiger partial charge in [0.15, 0.2) is 0 Å². The number of thioether (sulfide) groups is 1. The smallest absolute Gasteiger partial charge is 0.446 e. The van der Waals surface area contributed by atoms with Crippen LogP contribution in [0.25, 0.3) is 0 Å². The fourth-order valence-electron chi connectivity index (χ4n) is 2.61. The van der Waals surface area contributed by atoms with E-state index in [9.17, 15) is 22.7 Å².